The van der Waals surface area contributed by atoms with Gasteiger partial charge in [0.05, 0.1) is 4.92 Å². The third-order valence-corrected chi connectivity index (χ3v) is 2.97. The molecule has 5 heteroatoms. The number of nitrogens with one attached hydrogen (secondary N) is 1. The van der Waals surface area contributed by atoms with Crippen LogP contribution in [0, 0.1) is 15.9 Å². The van der Waals surface area contributed by atoms with E-state index in [2.05, 4.69) is 5.32 Å². The Morgan fingerprint density at radius 3 is 2.50 bits per heavy atom. The first-order valence-corrected chi connectivity index (χ1v) is 6.34. The molecule has 0 aromatic heterocycles. The van der Waals surface area contributed by atoms with Crippen LogP contribution in [0.4, 0.5) is 10.1 Å². The monoisotopic (exact) mass is 274 g/mol. The first-order chi connectivity index (χ1) is 9.66. The molecule has 20 heavy (non-hydrogen) atoms. The molecule has 4 nitrogen and oxygen atoms in total. The second kappa shape index (κ2) is 6.77. The third kappa shape index (κ3) is 3.86. The van der Waals surface area contributed by atoms with Crippen LogP contribution in [-0.4, -0.2) is 11.5 Å². The highest BCUT2D eigenvalue weighted by Crippen LogP contribution is 2.17. The minimum atomic E-state index is -0.794. The Bertz CT molecular complexity index is 588. The number of nitrogens with zero attached hydrogens (tertiary/aromatic N) is 1. The van der Waals surface area contributed by atoms with Crippen molar-refractivity contribution in [2.45, 2.75) is 13.0 Å². The van der Waals surface area contributed by atoms with E-state index in [-0.39, 0.29) is 0 Å². The second-order valence-electron chi connectivity index (χ2n) is 4.46. The van der Waals surface area contributed by atoms with E-state index in [0.29, 0.717) is 12.1 Å². The van der Waals surface area contributed by atoms with Crippen molar-refractivity contribution in [1.29, 1.82) is 0 Å². The smallest absolute Gasteiger partial charge is 0.304 e. The molecule has 0 amide bonds. The number of nitro benzene ring substituents is 1. The van der Waals surface area contributed by atoms with Gasteiger partial charge in [-0.1, -0.05) is 36.4 Å². The van der Waals surface area contributed by atoms with Crippen molar-refractivity contribution in [1.82, 2.24) is 5.32 Å². The molecular formula is C15H15FN2O2. The summed E-state index contributed by atoms with van der Waals surface area (Å²) in [7, 11) is 0. The number of halogens is 1. The van der Waals surface area contributed by atoms with Crippen LogP contribution in [0.2, 0.25) is 0 Å². The van der Waals surface area contributed by atoms with Crippen molar-refractivity contribution < 1.29 is 9.31 Å². The SMILES string of the molecule is O=[N+]([O-])c1ccc(CNCCc2ccccc2)cc1F. The molecule has 0 aliphatic carbocycles. The Hall–Kier alpha value is -2.27. The van der Waals surface area contributed by atoms with Crippen molar-refractivity contribution in [3.05, 3.63) is 75.6 Å². The fourth-order valence-electron chi connectivity index (χ4n) is 1.92. The Kier molecular flexibility index (Phi) is 4.79. The lowest BCUT2D eigenvalue weighted by Crippen LogP contribution is -2.16. The molecule has 2 aromatic carbocycles. The second-order valence-corrected chi connectivity index (χ2v) is 4.46. The fourth-order valence-corrected chi connectivity index (χ4v) is 1.92. The van der Waals surface area contributed by atoms with E-state index in [0.717, 1.165) is 13.0 Å². The maximum atomic E-state index is 13.4. The van der Waals surface area contributed by atoms with Gasteiger partial charge in [0.2, 0.25) is 5.82 Å². The van der Waals surface area contributed by atoms with Crippen LogP contribution in [0.15, 0.2) is 48.5 Å². The van der Waals surface area contributed by atoms with E-state index < -0.39 is 16.4 Å². The van der Waals surface area contributed by atoms with Gasteiger partial charge in [-0.3, -0.25) is 10.1 Å². The molecule has 0 saturated heterocycles. The molecule has 0 heterocycles. The van der Waals surface area contributed by atoms with Gasteiger partial charge in [0, 0.05) is 12.6 Å². The van der Waals surface area contributed by atoms with Gasteiger partial charge in [0.25, 0.3) is 0 Å². The fraction of sp³-hybridized carbons (Fsp3) is 0.200. The summed E-state index contributed by atoms with van der Waals surface area (Å²) in [6, 6.07) is 14.0. The van der Waals surface area contributed by atoms with Crippen LogP contribution in [-0.2, 0) is 13.0 Å². The zero-order valence-corrected chi connectivity index (χ0v) is 10.9. The topological polar surface area (TPSA) is 55.2 Å². The molecule has 0 unspecified atom stereocenters. The van der Waals surface area contributed by atoms with Gasteiger partial charge in [-0.25, -0.2) is 0 Å². The molecule has 0 atom stereocenters. The molecule has 1 N–H and O–H groups in total. The first kappa shape index (κ1) is 14.1. The standard InChI is InChI=1S/C15H15FN2O2/c16-14-10-13(6-7-15(14)18(19)20)11-17-9-8-12-4-2-1-3-5-12/h1-7,10,17H,8-9,11H2. The lowest BCUT2D eigenvalue weighted by atomic mass is 10.1. The largest absolute Gasteiger partial charge is 0.312 e. The Morgan fingerprint density at radius 2 is 1.85 bits per heavy atom. The van der Waals surface area contributed by atoms with Crippen molar-refractivity contribution in [2.24, 2.45) is 0 Å². The first-order valence-electron chi connectivity index (χ1n) is 6.34. The summed E-state index contributed by atoms with van der Waals surface area (Å²) in [5.41, 5.74) is 1.44. The molecular weight excluding hydrogens is 259 g/mol. The molecule has 0 bridgehead atoms. The number of hydrogen-bond acceptors (Lipinski definition) is 3. The van der Waals surface area contributed by atoms with Gasteiger partial charge in [-0.15, -0.1) is 0 Å². The summed E-state index contributed by atoms with van der Waals surface area (Å²) in [4.78, 5) is 9.78. The number of rotatable bonds is 6. The summed E-state index contributed by atoms with van der Waals surface area (Å²) in [6.45, 7) is 1.25. The number of benzene rings is 2. The van der Waals surface area contributed by atoms with Gasteiger partial charge in [0.15, 0.2) is 0 Å². The zero-order chi connectivity index (χ0) is 14.4. The van der Waals surface area contributed by atoms with Crippen LogP contribution in [0.3, 0.4) is 0 Å². The lowest BCUT2D eigenvalue weighted by molar-refractivity contribution is -0.387. The minimum absolute atomic E-state index is 0.488. The highest BCUT2D eigenvalue weighted by molar-refractivity contribution is 5.34. The van der Waals surface area contributed by atoms with Crippen molar-refractivity contribution in [3.8, 4) is 0 Å². The van der Waals surface area contributed by atoms with Crippen LogP contribution in [0.5, 0.6) is 0 Å². The molecule has 0 spiro atoms. The third-order valence-electron chi connectivity index (χ3n) is 2.97. The molecule has 0 radical (unpaired) electrons. The average Bonchev–Trinajstić information content (AvgIpc) is 2.44. The van der Waals surface area contributed by atoms with Crippen LogP contribution >= 0.6 is 0 Å². The Morgan fingerprint density at radius 1 is 1.10 bits per heavy atom. The molecule has 2 rings (SSSR count). The lowest BCUT2D eigenvalue weighted by Gasteiger charge is -2.05. The highest BCUT2D eigenvalue weighted by Gasteiger charge is 2.13. The van der Waals surface area contributed by atoms with E-state index in [1.54, 1.807) is 6.07 Å². The Balaban J connectivity index is 1.83. The van der Waals surface area contributed by atoms with Crippen molar-refractivity contribution in [2.75, 3.05) is 6.54 Å². The van der Waals surface area contributed by atoms with Crippen LogP contribution in [0.25, 0.3) is 0 Å². The van der Waals surface area contributed by atoms with Crippen molar-refractivity contribution in [3.63, 3.8) is 0 Å². The molecule has 0 fully saturated rings. The van der Waals surface area contributed by atoms with Gasteiger partial charge in [-0.05, 0) is 30.2 Å². The van der Waals surface area contributed by atoms with E-state index in [1.807, 2.05) is 30.3 Å². The van der Waals surface area contributed by atoms with Crippen LogP contribution in [0.1, 0.15) is 11.1 Å². The Labute approximate surface area is 116 Å². The predicted octanol–water partition coefficient (Wildman–Crippen LogP) is 3.07. The molecule has 0 aliphatic heterocycles. The maximum absolute atomic E-state index is 13.4. The molecule has 104 valence electrons. The summed E-state index contributed by atoms with van der Waals surface area (Å²) < 4.78 is 13.4. The minimum Gasteiger partial charge on any atom is -0.312 e. The molecule has 2 aromatic rings. The van der Waals surface area contributed by atoms with E-state index in [9.17, 15) is 14.5 Å². The molecule has 0 saturated carbocycles. The van der Waals surface area contributed by atoms with E-state index in [1.165, 1.54) is 17.7 Å². The summed E-state index contributed by atoms with van der Waals surface area (Å²) >= 11 is 0. The van der Waals surface area contributed by atoms with Crippen molar-refractivity contribution >= 4 is 5.69 Å². The quantitative estimate of drug-likeness (QED) is 0.500. The summed E-state index contributed by atoms with van der Waals surface area (Å²) in [6.07, 6.45) is 0.885. The summed E-state index contributed by atoms with van der Waals surface area (Å²) in [5.74, 6) is -0.794. The zero-order valence-electron chi connectivity index (χ0n) is 10.9. The summed E-state index contributed by atoms with van der Waals surface area (Å²) in [5, 5.41) is 13.7. The number of nitro groups is 1. The van der Waals surface area contributed by atoms with E-state index in [4.69, 9.17) is 0 Å². The molecule has 0 aliphatic rings. The maximum Gasteiger partial charge on any atom is 0.304 e. The highest BCUT2D eigenvalue weighted by atomic mass is 19.1. The van der Waals surface area contributed by atoms with Gasteiger partial charge >= 0.3 is 5.69 Å². The van der Waals surface area contributed by atoms with Gasteiger partial charge < -0.3 is 5.32 Å². The van der Waals surface area contributed by atoms with E-state index >= 15 is 0 Å². The average molecular weight is 274 g/mol. The van der Waals surface area contributed by atoms with Crippen LogP contribution < -0.4 is 5.32 Å². The normalized spacial score (nSPS) is 10.4. The predicted molar refractivity (Wildman–Crippen MR) is 74.9 cm³/mol. The number of hydrogen-bond donors (Lipinski definition) is 1. The van der Waals surface area contributed by atoms with Gasteiger partial charge in [-0.2, -0.15) is 4.39 Å². The van der Waals surface area contributed by atoms with Gasteiger partial charge in [0.1, 0.15) is 0 Å².